The maximum atomic E-state index is 13.0. The predicted molar refractivity (Wildman–Crippen MR) is 125 cm³/mol. The van der Waals surface area contributed by atoms with Gasteiger partial charge in [-0.1, -0.05) is 26.3 Å². The first-order valence-corrected chi connectivity index (χ1v) is 12.4. The van der Waals surface area contributed by atoms with Crippen LogP contribution >= 0.6 is 0 Å². The molecule has 32 heavy (non-hydrogen) atoms. The summed E-state index contributed by atoms with van der Waals surface area (Å²) in [6.07, 6.45) is 2.75. The second kappa shape index (κ2) is 10.4. The number of nitrogens with zero attached hydrogens (tertiary/aromatic N) is 1. The average Bonchev–Trinajstić information content (AvgIpc) is 2.78. The number of carbonyl (C=O) groups excluding carboxylic acids is 1. The van der Waals surface area contributed by atoms with Crippen LogP contribution in [0.2, 0.25) is 0 Å². The van der Waals surface area contributed by atoms with Crippen LogP contribution in [-0.2, 0) is 14.8 Å². The van der Waals surface area contributed by atoms with E-state index in [9.17, 15) is 13.2 Å². The normalized spacial score (nSPS) is 14.9. The second-order valence-corrected chi connectivity index (χ2v) is 10.3. The minimum absolute atomic E-state index is 0.135. The SMILES string of the molecule is COc1ccc(S(=O)(=O)N2CCCCC2)cc1NC(=O)COc1ccc(C(C)C)c(C)c1. The number of piperidine rings is 1. The molecule has 0 saturated carbocycles. The number of carbonyl (C=O) groups is 1. The highest BCUT2D eigenvalue weighted by Crippen LogP contribution is 2.30. The number of anilines is 1. The van der Waals surface area contributed by atoms with Crippen molar-refractivity contribution in [1.29, 1.82) is 0 Å². The minimum atomic E-state index is -3.62. The van der Waals surface area contributed by atoms with E-state index in [0.29, 0.717) is 36.2 Å². The molecule has 2 aromatic carbocycles. The lowest BCUT2D eigenvalue weighted by Gasteiger charge is -2.26. The highest BCUT2D eigenvalue weighted by molar-refractivity contribution is 7.89. The molecule has 1 heterocycles. The number of hydrogen-bond donors (Lipinski definition) is 1. The fraction of sp³-hybridized carbons (Fsp3) is 0.458. The Morgan fingerprint density at radius 2 is 1.81 bits per heavy atom. The first-order chi connectivity index (χ1) is 15.2. The third kappa shape index (κ3) is 5.61. The van der Waals surface area contributed by atoms with Crippen molar-refractivity contribution in [2.45, 2.75) is 50.8 Å². The van der Waals surface area contributed by atoms with E-state index in [1.807, 2.05) is 25.1 Å². The lowest BCUT2D eigenvalue weighted by molar-refractivity contribution is -0.118. The molecule has 174 valence electrons. The van der Waals surface area contributed by atoms with Crippen LogP contribution in [-0.4, -0.2) is 45.4 Å². The van der Waals surface area contributed by atoms with Crippen LogP contribution in [0.25, 0.3) is 0 Å². The van der Waals surface area contributed by atoms with Gasteiger partial charge in [-0.05, 0) is 67.1 Å². The molecule has 1 amide bonds. The molecule has 1 N–H and O–H groups in total. The van der Waals surface area contributed by atoms with Gasteiger partial charge in [0.15, 0.2) is 6.61 Å². The molecule has 1 saturated heterocycles. The summed E-state index contributed by atoms with van der Waals surface area (Å²) in [5.74, 6) is 0.998. The van der Waals surface area contributed by atoms with Gasteiger partial charge in [0.25, 0.3) is 5.91 Å². The van der Waals surface area contributed by atoms with Crippen LogP contribution in [0.15, 0.2) is 41.3 Å². The number of sulfonamides is 1. The molecule has 7 nitrogen and oxygen atoms in total. The van der Waals surface area contributed by atoms with Gasteiger partial charge in [0, 0.05) is 13.1 Å². The Bertz CT molecular complexity index is 1060. The van der Waals surface area contributed by atoms with Crippen molar-refractivity contribution in [2.75, 3.05) is 32.1 Å². The van der Waals surface area contributed by atoms with Gasteiger partial charge in [-0.2, -0.15) is 4.31 Å². The van der Waals surface area contributed by atoms with Gasteiger partial charge >= 0.3 is 0 Å². The summed E-state index contributed by atoms with van der Waals surface area (Å²) in [7, 11) is -2.15. The smallest absolute Gasteiger partial charge is 0.262 e. The number of rotatable bonds is 8. The maximum absolute atomic E-state index is 13.0. The average molecular weight is 461 g/mol. The van der Waals surface area contributed by atoms with Crippen LogP contribution in [0.4, 0.5) is 5.69 Å². The van der Waals surface area contributed by atoms with Gasteiger partial charge in [0.1, 0.15) is 11.5 Å². The Morgan fingerprint density at radius 3 is 2.44 bits per heavy atom. The highest BCUT2D eigenvalue weighted by atomic mass is 32.2. The van der Waals surface area contributed by atoms with Gasteiger partial charge in [-0.15, -0.1) is 0 Å². The van der Waals surface area contributed by atoms with Gasteiger partial charge in [0.2, 0.25) is 10.0 Å². The molecule has 0 spiro atoms. The highest BCUT2D eigenvalue weighted by Gasteiger charge is 2.27. The van der Waals surface area contributed by atoms with Crippen LogP contribution in [0.5, 0.6) is 11.5 Å². The molecule has 3 rings (SSSR count). The van der Waals surface area contributed by atoms with Crippen LogP contribution in [0, 0.1) is 6.92 Å². The maximum Gasteiger partial charge on any atom is 0.262 e. The molecule has 2 aromatic rings. The van der Waals surface area contributed by atoms with Crippen molar-refractivity contribution in [1.82, 2.24) is 4.31 Å². The van der Waals surface area contributed by atoms with Crippen molar-refractivity contribution in [3.8, 4) is 11.5 Å². The van der Waals surface area contributed by atoms with E-state index in [4.69, 9.17) is 9.47 Å². The van der Waals surface area contributed by atoms with Crippen LogP contribution < -0.4 is 14.8 Å². The quantitative estimate of drug-likeness (QED) is 0.634. The number of benzene rings is 2. The van der Waals surface area contributed by atoms with E-state index in [1.165, 1.54) is 29.1 Å². The molecule has 1 aliphatic rings. The molecule has 8 heteroatoms. The number of hydrogen-bond acceptors (Lipinski definition) is 5. The Morgan fingerprint density at radius 1 is 1.09 bits per heavy atom. The van der Waals surface area contributed by atoms with E-state index >= 15 is 0 Å². The van der Waals surface area contributed by atoms with E-state index in [1.54, 1.807) is 6.07 Å². The third-order valence-electron chi connectivity index (χ3n) is 5.63. The summed E-state index contributed by atoms with van der Waals surface area (Å²) in [6.45, 7) is 7.10. The minimum Gasteiger partial charge on any atom is -0.495 e. The Balaban J connectivity index is 1.71. The first kappa shape index (κ1) is 24.1. The number of aryl methyl sites for hydroxylation is 1. The van der Waals surface area contributed by atoms with Crippen molar-refractivity contribution in [3.05, 3.63) is 47.5 Å². The fourth-order valence-corrected chi connectivity index (χ4v) is 5.46. The number of methoxy groups -OCH3 is 1. The summed E-state index contributed by atoms with van der Waals surface area (Å²) < 4.78 is 38.4. The summed E-state index contributed by atoms with van der Waals surface area (Å²) in [6, 6.07) is 10.3. The molecule has 0 radical (unpaired) electrons. The lowest BCUT2D eigenvalue weighted by atomic mass is 9.98. The Kier molecular flexibility index (Phi) is 7.79. The van der Waals surface area contributed by atoms with Crippen molar-refractivity contribution < 1.29 is 22.7 Å². The van der Waals surface area contributed by atoms with Crippen molar-refractivity contribution >= 4 is 21.6 Å². The Hall–Kier alpha value is -2.58. The van der Waals surface area contributed by atoms with Crippen LogP contribution in [0.3, 0.4) is 0 Å². The third-order valence-corrected chi connectivity index (χ3v) is 7.53. The van der Waals surface area contributed by atoms with Crippen molar-refractivity contribution in [3.63, 3.8) is 0 Å². The number of ether oxygens (including phenoxy) is 2. The fourth-order valence-electron chi connectivity index (χ4n) is 3.92. The topological polar surface area (TPSA) is 84.9 Å². The summed E-state index contributed by atoms with van der Waals surface area (Å²) in [5.41, 5.74) is 2.64. The van der Waals surface area contributed by atoms with E-state index in [0.717, 1.165) is 24.8 Å². The molecule has 0 unspecified atom stereocenters. The number of nitrogens with one attached hydrogen (secondary N) is 1. The molecule has 0 aromatic heterocycles. The molecule has 1 fully saturated rings. The van der Waals surface area contributed by atoms with E-state index in [2.05, 4.69) is 19.2 Å². The summed E-state index contributed by atoms with van der Waals surface area (Å²) in [5, 5.41) is 2.72. The van der Waals surface area contributed by atoms with Crippen molar-refractivity contribution in [2.24, 2.45) is 0 Å². The number of amides is 1. The lowest BCUT2D eigenvalue weighted by Crippen LogP contribution is -2.35. The first-order valence-electron chi connectivity index (χ1n) is 10.9. The predicted octanol–water partition coefficient (Wildman–Crippen LogP) is 4.32. The molecule has 0 atom stereocenters. The zero-order valence-electron chi connectivity index (χ0n) is 19.2. The van der Waals surface area contributed by atoms with Gasteiger partial charge in [-0.3, -0.25) is 4.79 Å². The summed E-state index contributed by atoms with van der Waals surface area (Å²) in [4.78, 5) is 12.7. The zero-order chi connectivity index (χ0) is 23.3. The van der Waals surface area contributed by atoms with Gasteiger partial charge in [-0.25, -0.2) is 8.42 Å². The molecule has 1 aliphatic heterocycles. The largest absolute Gasteiger partial charge is 0.495 e. The molecular weight excluding hydrogens is 428 g/mol. The monoisotopic (exact) mass is 460 g/mol. The molecular formula is C24H32N2O5S. The Labute approximate surface area is 190 Å². The molecule has 0 bridgehead atoms. The van der Waals surface area contributed by atoms with E-state index < -0.39 is 15.9 Å². The molecule has 0 aliphatic carbocycles. The van der Waals surface area contributed by atoms with E-state index in [-0.39, 0.29) is 11.5 Å². The van der Waals surface area contributed by atoms with Gasteiger partial charge in [0.05, 0.1) is 17.7 Å². The second-order valence-electron chi connectivity index (χ2n) is 8.34. The standard InChI is InChI=1S/C24H32N2O5S/c1-17(2)21-10-8-19(14-18(21)3)31-16-24(27)25-22-15-20(9-11-23(22)30-4)32(28,29)26-12-6-5-7-13-26/h8-11,14-15,17H,5-7,12-13,16H2,1-4H3,(H,25,27). The van der Waals surface area contributed by atoms with Gasteiger partial charge < -0.3 is 14.8 Å². The zero-order valence-corrected chi connectivity index (χ0v) is 20.0. The summed E-state index contributed by atoms with van der Waals surface area (Å²) >= 11 is 0. The van der Waals surface area contributed by atoms with Crippen LogP contribution in [0.1, 0.15) is 50.2 Å².